The predicted molar refractivity (Wildman–Crippen MR) is 86.6 cm³/mol. The summed E-state index contributed by atoms with van der Waals surface area (Å²) in [6, 6.07) is 7.52. The number of carbonyl (C=O) groups is 2. The van der Waals surface area contributed by atoms with Gasteiger partial charge in [-0.05, 0) is 24.3 Å². The Balaban J connectivity index is 1.91. The van der Waals surface area contributed by atoms with Crippen LogP contribution in [0.3, 0.4) is 0 Å². The summed E-state index contributed by atoms with van der Waals surface area (Å²) < 4.78 is 82.7. The molecule has 2 aromatic rings. The third-order valence-electron chi connectivity index (χ3n) is 3.69. The fourth-order valence-corrected chi connectivity index (χ4v) is 2.25. The minimum Gasteiger partial charge on any atom is -0.349 e. The van der Waals surface area contributed by atoms with Crippen LogP contribution in [0.2, 0.25) is 0 Å². The van der Waals surface area contributed by atoms with E-state index in [4.69, 9.17) is 0 Å². The zero-order valence-corrected chi connectivity index (χ0v) is 14.1. The lowest BCUT2D eigenvalue weighted by molar-refractivity contribution is -0.148. The smallest absolute Gasteiger partial charge is 0.349 e. The molecule has 2 rings (SSSR count). The Hall–Kier alpha value is -3.04. The van der Waals surface area contributed by atoms with Crippen molar-refractivity contribution in [2.75, 3.05) is 13.1 Å². The summed E-state index contributed by atoms with van der Waals surface area (Å²) in [6.07, 6.45) is 0. The monoisotopic (exact) mass is 404 g/mol. The highest BCUT2D eigenvalue weighted by Gasteiger charge is 2.44. The van der Waals surface area contributed by atoms with Crippen molar-refractivity contribution >= 4 is 11.8 Å². The lowest BCUT2D eigenvalue weighted by Gasteiger charge is -2.18. The largest absolute Gasteiger partial charge is 0.352 e. The fourth-order valence-electron chi connectivity index (χ4n) is 2.25. The second-order valence-electron chi connectivity index (χ2n) is 5.62. The molecule has 0 saturated carbocycles. The molecule has 0 saturated heterocycles. The van der Waals surface area contributed by atoms with Crippen molar-refractivity contribution in [1.29, 1.82) is 0 Å². The normalized spacial score (nSPS) is 11.8. The summed E-state index contributed by atoms with van der Waals surface area (Å²) in [5, 5.41) is 3.43. The minimum atomic E-state index is -4.20. The fraction of sp³-hybridized carbons (Fsp3) is 0.222. The van der Waals surface area contributed by atoms with Crippen molar-refractivity contribution in [3.8, 4) is 0 Å². The van der Waals surface area contributed by atoms with Gasteiger partial charge in [0, 0.05) is 13.1 Å². The number of amides is 2. The van der Waals surface area contributed by atoms with Crippen molar-refractivity contribution in [3.63, 3.8) is 0 Å². The second-order valence-corrected chi connectivity index (χ2v) is 5.62. The molecule has 0 aliphatic heterocycles. The summed E-state index contributed by atoms with van der Waals surface area (Å²) in [4.78, 5) is 23.2. The number of carbonyl (C=O) groups excluding carboxylic acids is 2. The molecule has 2 N–H and O–H groups in total. The van der Waals surface area contributed by atoms with E-state index in [-0.39, 0.29) is 0 Å². The average Bonchev–Trinajstić information content (AvgIpc) is 2.65. The molecule has 0 spiro atoms. The van der Waals surface area contributed by atoms with Crippen molar-refractivity contribution < 1.29 is 35.9 Å². The first-order valence-electron chi connectivity index (χ1n) is 7.90. The van der Waals surface area contributed by atoms with E-state index in [0.29, 0.717) is 0 Å². The minimum absolute atomic E-state index is 0.637. The zero-order chi connectivity index (χ0) is 20.9. The third-order valence-corrected chi connectivity index (χ3v) is 3.69. The molecular formula is C18H14F6N2O2. The van der Waals surface area contributed by atoms with Crippen LogP contribution in [0.5, 0.6) is 0 Å². The van der Waals surface area contributed by atoms with Gasteiger partial charge in [-0.25, -0.2) is 8.78 Å². The molecule has 150 valence electrons. The van der Waals surface area contributed by atoms with Crippen LogP contribution >= 0.6 is 0 Å². The molecule has 0 bridgehead atoms. The Labute approximate surface area is 155 Å². The lowest BCUT2D eigenvalue weighted by atomic mass is 10.1. The van der Waals surface area contributed by atoms with Gasteiger partial charge in [-0.2, -0.15) is 17.6 Å². The quantitative estimate of drug-likeness (QED) is 0.551. The lowest BCUT2D eigenvalue weighted by Crippen LogP contribution is -2.45. The second kappa shape index (κ2) is 8.32. The number of nitrogens with one attached hydrogen (secondary N) is 2. The van der Waals surface area contributed by atoms with Gasteiger partial charge in [-0.1, -0.05) is 24.3 Å². The standard InChI is InChI=1S/C18H14F6N2O2/c19-13-7-3-1-5-11(13)17(21,22)15(27)25-9-10-26-16(28)18(23,24)12-6-2-4-8-14(12)20/h1-8H,9-10H2,(H,25,27)(H,26,28). The van der Waals surface area contributed by atoms with Crippen LogP contribution in [0.15, 0.2) is 48.5 Å². The first-order valence-corrected chi connectivity index (χ1v) is 7.90. The van der Waals surface area contributed by atoms with E-state index in [9.17, 15) is 35.9 Å². The van der Waals surface area contributed by atoms with Gasteiger partial charge in [0.15, 0.2) is 0 Å². The molecule has 0 fully saturated rings. The molecule has 28 heavy (non-hydrogen) atoms. The molecule has 0 aliphatic rings. The number of benzene rings is 2. The average molecular weight is 404 g/mol. The Morgan fingerprint density at radius 2 is 1.00 bits per heavy atom. The summed E-state index contributed by atoms with van der Waals surface area (Å²) >= 11 is 0. The topological polar surface area (TPSA) is 58.2 Å². The van der Waals surface area contributed by atoms with Crippen molar-refractivity contribution in [3.05, 3.63) is 71.3 Å². The first kappa shape index (κ1) is 21.3. The Kier molecular flexibility index (Phi) is 6.32. The van der Waals surface area contributed by atoms with Crippen molar-refractivity contribution in [1.82, 2.24) is 10.6 Å². The van der Waals surface area contributed by atoms with E-state index in [1.54, 1.807) is 10.6 Å². The maximum absolute atomic E-state index is 14.0. The highest BCUT2D eigenvalue weighted by Crippen LogP contribution is 2.31. The number of halogens is 6. The molecule has 2 amide bonds. The Bertz CT molecular complexity index is 801. The molecule has 10 heteroatoms. The molecule has 0 radical (unpaired) electrons. The van der Waals surface area contributed by atoms with E-state index >= 15 is 0 Å². The summed E-state index contributed by atoms with van der Waals surface area (Å²) in [5.41, 5.74) is -2.30. The summed E-state index contributed by atoms with van der Waals surface area (Å²) in [7, 11) is 0. The maximum Gasteiger partial charge on any atom is 0.352 e. The molecule has 0 unspecified atom stereocenters. The molecule has 0 heterocycles. The first-order chi connectivity index (χ1) is 13.1. The molecule has 0 atom stereocenters. The van der Waals surface area contributed by atoms with E-state index in [1.165, 1.54) is 0 Å². The van der Waals surface area contributed by atoms with E-state index in [1.807, 2.05) is 0 Å². The van der Waals surface area contributed by atoms with Gasteiger partial charge >= 0.3 is 11.8 Å². The number of hydrogen-bond acceptors (Lipinski definition) is 2. The molecule has 4 nitrogen and oxygen atoms in total. The van der Waals surface area contributed by atoms with Crippen molar-refractivity contribution in [2.24, 2.45) is 0 Å². The van der Waals surface area contributed by atoms with Crippen LogP contribution < -0.4 is 10.6 Å². The zero-order valence-electron chi connectivity index (χ0n) is 14.1. The maximum atomic E-state index is 14.0. The van der Waals surface area contributed by atoms with Gasteiger partial charge in [-0.15, -0.1) is 0 Å². The van der Waals surface area contributed by atoms with Gasteiger partial charge < -0.3 is 10.6 Å². The van der Waals surface area contributed by atoms with Crippen LogP contribution in [0.25, 0.3) is 0 Å². The number of alkyl halides is 4. The highest BCUT2D eigenvalue weighted by molar-refractivity contribution is 5.86. The molecule has 0 aliphatic carbocycles. The van der Waals surface area contributed by atoms with E-state index in [2.05, 4.69) is 0 Å². The molecule has 2 aromatic carbocycles. The van der Waals surface area contributed by atoms with Crippen LogP contribution in [0.4, 0.5) is 26.3 Å². The third kappa shape index (κ3) is 4.44. The van der Waals surface area contributed by atoms with E-state index < -0.39 is 59.5 Å². The van der Waals surface area contributed by atoms with Crippen LogP contribution in [-0.2, 0) is 21.4 Å². The van der Waals surface area contributed by atoms with Gasteiger partial charge in [0.1, 0.15) is 11.6 Å². The molecule has 0 aromatic heterocycles. The highest BCUT2D eigenvalue weighted by atomic mass is 19.3. The number of rotatable bonds is 7. The van der Waals surface area contributed by atoms with E-state index in [0.717, 1.165) is 48.5 Å². The van der Waals surface area contributed by atoms with Gasteiger partial charge in [0.25, 0.3) is 11.8 Å². The van der Waals surface area contributed by atoms with Gasteiger partial charge in [0.2, 0.25) is 0 Å². The molecular weight excluding hydrogens is 390 g/mol. The van der Waals surface area contributed by atoms with Gasteiger partial charge in [0.05, 0.1) is 11.1 Å². The Morgan fingerprint density at radius 3 is 1.32 bits per heavy atom. The van der Waals surface area contributed by atoms with Crippen LogP contribution in [0.1, 0.15) is 11.1 Å². The van der Waals surface area contributed by atoms with Gasteiger partial charge in [-0.3, -0.25) is 9.59 Å². The predicted octanol–water partition coefficient (Wildman–Crippen LogP) is 3.08. The SMILES string of the molecule is O=C(NCCNC(=O)C(F)(F)c1ccccc1F)C(F)(F)c1ccccc1F. The summed E-state index contributed by atoms with van der Waals surface area (Å²) in [5.74, 6) is -14.7. The van der Waals surface area contributed by atoms with Crippen LogP contribution in [-0.4, -0.2) is 24.9 Å². The number of hydrogen-bond donors (Lipinski definition) is 2. The van der Waals surface area contributed by atoms with Crippen LogP contribution in [0, 0.1) is 11.6 Å². The van der Waals surface area contributed by atoms with Crippen molar-refractivity contribution in [2.45, 2.75) is 11.8 Å². The summed E-state index contributed by atoms with van der Waals surface area (Å²) in [6.45, 7) is -1.27. The Morgan fingerprint density at radius 1 is 0.679 bits per heavy atom.